The van der Waals surface area contributed by atoms with Gasteiger partial charge in [0, 0.05) is 16.4 Å². The molecule has 1 fully saturated rings. The Labute approximate surface area is 104 Å². The lowest BCUT2D eigenvalue weighted by Gasteiger charge is -2.11. The number of hydrogen-bond donors (Lipinski definition) is 2. The van der Waals surface area contributed by atoms with Gasteiger partial charge in [0.15, 0.2) is 0 Å². The van der Waals surface area contributed by atoms with Crippen LogP contribution in [0.1, 0.15) is 19.3 Å². The highest BCUT2D eigenvalue weighted by atomic mass is 79.9. The van der Waals surface area contributed by atoms with Gasteiger partial charge in [-0.25, -0.2) is 0 Å². The summed E-state index contributed by atoms with van der Waals surface area (Å²) in [5.41, 5.74) is 6.62. The first-order valence-electron chi connectivity index (χ1n) is 5.48. The number of para-hydroxylation sites is 1. The van der Waals surface area contributed by atoms with Crippen molar-refractivity contribution in [2.75, 3.05) is 5.32 Å². The molecule has 0 bridgehead atoms. The summed E-state index contributed by atoms with van der Waals surface area (Å²) in [7, 11) is 0. The highest BCUT2D eigenvalue weighted by molar-refractivity contribution is 9.10. The molecule has 0 radical (unpaired) electrons. The number of nitrogens with one attached hydrogen (secondary N) is 1. The summed E-state index contributed by atoms with van der Waals surface area (Å²) >= 11 is 3.41. The highest BCUT2D eigenvalue weighted by Gasteiger charge is 2.27. The second-order valence-corrected chi connectivity index (χ2v) is 5.09. The Morgan fingerprint density at radius 3 is 2.75 bits per heavy atom. The average molecular weight is 283 g/mol. The van der Waals surface area contributed by atoms with Crippen LogP contribution in [0.2, 0.25) is 0 Å². The van der Waals surface area contributed by atoms with E-state index in [9.17, 15) is 4.79 Å². The number of amides is 1. The molecule has 4 heteroatoms. The molecule has 0 heterocycles. The van der Waals surface area contributed by atoms with Gasteiger partial charge in [-0.1, -0.05) is 12.1 Å². The van der Waals surface area contributed by atoms with Gasteiger partial charge in [0.25, 0.3) is 0 Å². The third-order valence-electron chi connectivity index (χ3n) is 2.98. The normalized spacial score (nSPS) is 24.4. The van der Waals surface area contributed by atoms with E-state index < -0.39 is 0 Å². The predicted molar refractivity (Wildman–Crippen MR) is 68.1 cm³/mol. The highest BCUT2D eigenvalue weighted by Crippen LogP contribution is 2.27. The third-order valence-corrected chi connectivity index (χ3v) is 3.67. The Morgan fingerprint density at radius 2 is 2.12 bits per heavy atom. The molecular formula is C12H15BrN2O. The minimum atomic E-state index is 0.0714. The van der Waals surface area contributed by atoms with Crippen molar-refractivity contribution < 1.29 is 4.79 Å². The first-order chi connectivity index (χ1) is 7.66. The Kier molecular flexibility index (Phi) is 3.61. The van der Waals surface area contributed by atoms with E-state index in [1.807, 2.05) is 24.3 Å². The number of benzene rings is 1. The minimum absolute atomic E-state index is 0.0714. The zero-order valence-electron chi connectivity index (χ0n) is 8.95. The van der Waals surface area contributed by atoms with Crippen molar-refractivity contribution >= 4 is 27.5 Å². The molecule has 1 aromatic rings. The van der Waals surface area contributed by atoms with Crippen molar-refractivity contribution in [3.63, 3.8) is 0 Å². The molecule has 1 aliphatic rings. The molecular weight excluding hydrogens is 268 g/mol. The van der Waals surface area contributed by atoms with Gasteiger partial charge in [-0.2, -0.15) is 0 Å². The van der Waals surface area contributed by atoms with E-state index in [4.69, 9.17) is 5.73 Å². The van der Waals surface area contributed by atoms with Gasteiger partial charge in [0.2, 0.25) is 5.91 Å². The van der Waals surface area contributed by atoms with Crippen LogP contribution in [0.4, 0.5) is 5.69 Å². The van der Waals surface area contributed by atoms with Crippen LogP contribution in [0.5, 0.6) is 0 Å². The minimum Gasteiger partial charge on any atom is -0.328 e. The molecule has 1 amide bonds. The quantitative estimate of drug-likeness (QED) is 0.876. The van der Waals surface area contributed by atoms with Crippen molar-refractivity contribution in [2.24, 2.45) is 11.7 Å². The number of nitrogens with two attached hydrogens (primary N) is 1. The van der Waals surface area contributed by atoms with Crippen molar-refractivity contribution in [2.45, 2.75) is 25.3 Å². The van der Waals surface area contributed by atoms with Crippen molar-refractivity contribution in [3.8, 4) is 0 Å². The van der Waals surface area contributed by atoms with E-state index in [-0.39, 0.29) is 17.9 Å². The van der Waals surface area contributed by atoms with Crippen LogP contribution < -0.4 is 11.1 Å². The van der Waals surface area contributed by atoms with E-state index >= 15 is 0 Å². The maximum atomic E-state index is 11.9. The SMILES string of the molecule is NC1CCC(C(=O)Nc2ccccc2Br)C1. The van der Waals surface area contributed by atoms with Crippen LogP contribution in [0.3, 0.4) is 0 Å². The Morgan fingerprint density at radius 1 is 1.38 bits per heavy atom. The van der Waals surface area contributed by atoms with Gasteiger partial charge in [0.1, 0.15) is 0 Å². The number of anilines is 1. The van der Waals surface area contributed by atoms with Gasteiger partial charge in [0.05, 0.1) is 5.69 Å². The van der Waals surface area contributed by atoms with Crippen molar-refractivity contribution in [1.29, 1.82) is 0 Å². The number of rotatable bonds is 2. The van der Waals surface area contributed by atoms with Gasteiger partial charge < -0.3 is 11.1 Å². The molecule has 86 valence electrons. The fourth-order valence-corrected chi connectivity index (χ4v) is 2.44. The maximum absolute atomic E-state index is 11.9. The topological polar surface area (TPSA) is 55.1 Å². The number of carbonyl (C=O) groups excluding carboxylic acids is 1. The zero-order chi connectivity index (χ0) is 11.5. The van der Waals surface area contributed by atoms with Crippen LogP contribution in [0, 0.1) is 5.92 Å². The largest absolute Gasteiger partial charge is 0.328 e. The summed E-state index contributed by atoms with van der Waals surface area (Å²) in [6, 6.07) is 7.81. The second-order valence-electron chi connectivity index (χ2n) is 4.24. The van der Waals surface area contributed by atoms with Crippen LogP contribution in [-0.4, -0.2) is 11.9 Å². The molecule has 1 aliphatic carbocycles. The standard InChI is InChI=1S/C12H15BrN2O/c13-10-3-1-2-4-11(10)15-12(16)8-5-6-9(14)7-8/h1-4,8-9H,5-7,14H2,(H,15,16). The number of carbonyl (C=O) groups is 1. The molecule has 2 unspecified atom stereocenters. The molecule has 3 N–H and O–H groups in total. The lowest BCUT2D eigenvalue weighted by molar-refractivity contribution is -0.119. The Balaban J connectivity index is 2.00. The Bertz CT molecular complexity index is 394. The van der Waals surface area contributed by atoms with Crippen molar-refractivity contribution in [1.82, 2.24) is 0 Å². The van der Waals surface area contributed by atoms with Crippen LogP contribution in [-0.2, 0) is 4.79 Å². The second kappa shape index (κ2) is 4.97. The summed E-state index contributed by atoms with van der Waals surface area (Å²) in [6.45, 7) is 0. The van der Waals surface area contributed by atoms with Crippen LogP contribution >= 0.6 is 15.9 Å². The predicted octanol–water partition coefficient (Wildman–Crippen LogP) is 2.52. The lowest BCUT2D eigenvalue weighted by atomic mass is 10.1. The Hall–Kier alpha value is -0.870. The first-order valence-corrected chi connectivity index (χ1v) is 6.27. The molecule has 2 rings (SSSR count). The fraction of sp³-hybridized carbons (Fsp3) is 0.417. The molecule has 3 nitrogen and oxygen atoms in total. The summed E-state index contributed by atoms with van der Waals surface area (Å²) in [5, 5.41) is 2.93. The summed E-state index contributed by atoms with van der Waals surface area (Å²) in [6.07, 6.45) is 2.65. The van der Waals surface area contributed by atoms with Crippen molar-refractivity contribution in [3.05, 3.63) is 28.7 Å². The van der Waals surface area contributed by atoms with Gasteiger partial charge in [-0.05, 0) is 47.3 Å². The summed E-state index contributed by atoms with van der Waals surface area (Å²) in [5.74, 6) is 0.155. The van der Waals surface area contributed by atoms with Crippen LogP contribution in [0.15, 0.2) is 28.7 Å². The van der Waals surface area contributed by atoms with E-state index in [0.717, 1.165) is 29.4 Å². The first kappa shape index (κ1) is 11.6. The molecule has 0 saturated heterocycles. The van der Waals surface area contributed by atoms with Gasteiger partial charge in [-0.15, -0.1) is 0 Å². The summed E-state index contributed by atoms with van der Waals surface area (Å²) in [4.78, 5) is 11.9. The van der Waals surface area contributed by atoms with Gasteiger partial charge >= 0.3 is 0 Å². The lowest BCUT2D eigenvalue weighted by Crippen LogP contribution is -2.23. The molecule has 2 atom stereocenters. The molecule has 1 saturated carbocycles. The van der Waals surface area contributed by atoms with Crippen LogP contribution in [0.25, 0.3) is 0 Å². The van der Waals surface area contributed by atoms with E-state index in [2.05, 4.69) is 21.2 Å². The average Bonchev–Trinajstić information content (AvgIpc) is 2.68. The zero-order valence-corrected chi connectivity index (χ0v) is 10.5. The molecule has 1 aromatic carbocycles. The van der Waals surface area contributed by atoms with E-state index in [0.29, 0.717) is 0 Å². The van der Waals surface area contributed by atoms with E-state index in [1.165, 1.54) is 0 Å². The van der Waals surface area contributed by atoms with Gasteiger partial charge in [-0.3, -0.25) is 4.79 Å². The molecule has 0 aromatic heterocycles. The smallest absolute Gasteiger partial charge is 0.227 e. The maximum Gasteiger partial charge on any atom is 0.227 e. The number of hydrogen-bond acceptors (Lipinski definition) is 2. The molecule has 16 heavy (non-hydrogen) atoms. The van der Waals surface area contributed by atoms with E-state index in [1.54, 1.807) is 0 Å². The summed E-state index contributed by atoms with van der Waals surface area (Å²) < 4.78 is 0.908. The number of halogens is 1. The monoisotopic (exact) mass is 282 g/mol. The molecule has 0 aliphatic heterocycles. The molecule has 0 spiro atoms. The fourth-order valence-electron chi connectivity index (χ4n) is 2.05. The third kappa shape index (κ3) is 2.62.